The summed E-state index contributed by atoms with van der Waals surface area (Å²) >= 11 is 13.0. The Hall–Kier alpha value is -2.74. The molecular weight excluding hydrogens is 409 g/mol. The number of nitrogens with zero attached hydrogens (tertiary/aromatic N) is 6. The number of hydrogen-bond acceptors (Lipinski definition) is 6. The fourth-order valence-electron chi connectivity index (χ4n) is 3.32. The second-order valence-electron chi connectivity index (χ2n) is 6.54. The lowest BCUT2D eigenvalue weighted by molar-refractivity contribution is 0.815. The van der Waals surface area contributed by atoms with E-state index in [0.29, 0.717) is 40.3 Å². The number of aromatic nitrogens is 5. The molecule has 0 radical (unpaired) electrons. The van der Waals surface area contributed by atoms with Crippen LogP contribution < -0.4 is 10.6 Å². The molecule has 0 unspecified atom stereocenters. The van der Waals surface area contributed by atoms with E-state index in [0.717, 1.165) is 22.8 Å². The number of fused-ring (bicyclic) bond motifs is 1. The van der Waals surface area contributed by atoms with E-state index in [9.17, 15) is 0 Å². The van der Waals surface area contributed by atoms with Gasteiger partial charge >= 0.3 is 0 Å². The third-order valence-corrected chi connectivity index (χ3v) is 5.14. The molecule has 0 atom stereocenters. The van der Waals surface area contributed by atoms with Crippen LogP contribution in [0.5, 0.6) is 0 Å². The van der Waals surface area contributed by atoms with Crippen molar-refractivity contribution >= 4 is 40.6 Å². The van der Waals surface area contributed by atoms with Crippen LogP contribution in [-0.2, 0) is 0 Å². The Morgan fingerprint density at radius 1 is 1.03 bits per heavy atom. The molecule has 4 rings (SSSR count). The van der Waals surface area contributed by atoms with Crippen molar-refractivity contribution in [3.8, 4) is 11.1 Å². The zero-order chi connectivity index (χ0) is 20.5. The third kappa shape index (κ3) is 3.53. The van der Waals surface area contributed by atoms with Gasteiger partial charge in [0.2, 0.25) is 5.95 Å². The first-order chi connectivity index (χ1) is 14.0. The Morgan fingerprint density at radius 3 is 2.38 bits per heavy atom. The molecule has 0 aliphatic rings. The molecule has 148 valence electrons. The molecule has 0 aliphatic heterocycles. The fourth-order valence-corrected chi connectivity index (χ4v) is 3.91. The largest absolute Gasteiger partial charge is 0.329 e. The van der Waals surface area contributed by atoms with Gasteiger partial charge in [0.15, 0.2) is 5.65 Å². The average Bonchev–Trinajstić information content (AvgIpc) is 3.02. The first-order valence-electron chi connectivity index (χ1n) is 9.07. The smallest absolute Gasteiger partial charge is 0.231 e. The van der Waals surface area contributed by atoms with Gasteiger partial charge in [0.05, 0.1) is 21.3 Å². The van der Waals surface area contributed by atoms with Gasteiger partial charge in [0.1, 0.15) is 5.82 Å². The maximum atomic E-state index is 6.48. The summed E-state index contributed by atoms with van der Waals surface area (Å²) in [4.78, 5) is 15.4. The first-order valence-corrected chi connectivity index (χ1v) is 9.83. The summed E-state index contributed by atoms with van der Waals surface area (Å²) in [5, 5.41) is 5.83. The third-order valence-electron chi connectivity index (χ3n) is 4.51. The van der Waals surface area contributed by atoms with E-state index in [2.05, 4.69) is 9.97 Å². The second-order valence-corrected chi connectivity index (χ2v) is 7.35. The summed E-state index contributed by atoms with van der Waals surface area (Å²) in [5.41, 5.74) is 9.63. The predicted octanol–water partition coefficient (Wildman–Crippen LogP) is 4.21. The van der Waals surface area contributed by atoms with Crippen LogP contribution in [0.25, 0.3) is 16.8 Å². The highest BCUT2D eigenvalue weighted by atomic mass is 35.5. The van der Waals surface area contributed by atoms with Crippen molar-refractivity contribution in [3.05, 3.63) is 64.2 Å². The van der Waals surface area contributed by atoms with Gasteiger partial charge in [0, 0.05) is 42.8 Å². The lowest BCUT2D eigenvalue weighted by atomic mass is 10.1. The number of aryl methyl sites for hydroxylation is 2. The Labute approximate surface area is 178 Å². The van der Waals surface area contributed by atoms with Crippen LogP contribution >= 0.6 is 23.2 Å². The Bertz CT molecular complexity index is 1150. The normalized spacial score (nSPS) is 11.2. The molecule has 0 bridgehead atoms. The molecule has 0 spiro atoms. The van der Waals surface area contributed by atoms with Crippen molar-refractivity contribution in [2.75, 3.05) is 18.0 Å². The van der Waals surface area contributed by atoms with Crippen LogP contribution in [-0.4, -0.2) is 37.7 Å². The molecule has 1 aromatic carbocycles. The van der Waals surface area contributed by atoms with Gasteiger partial charge in [-0.3, -0.25) is 4.90 Å². The Balaban J connectivity index is 2.01. The molecular formula is C20H19Cl2N7. The maximum Gasteiger partial charge on any atom is 0.231 e. The first kappa shape index (κ1) is 19.6. The maximum absolute atomic E-state index is 6.48. The fraction of sp³-hybridized carbons (Fsp3) is 0.200. The van der Waals surface area contributed by atoms with E-state index in [1.165, 1.54) is 0 Å². The SMILES string of the molecule is Cc1cc(N(CCN)c2ncccn2)n2nc(C)c(-c3c(Cl)cccc3Cl)c2n1. The number of rotatable bonds is 5. The monoisotopic (exact) mass is 427 g/mol. The molecule has 29 heavy (non-hydrogen) atoms. The minimum absolute atomic E-state index is 0.421. The summed E-state index contributed by atoms with van der Waals surface area (Å²) in [7, 11) is 0. The van der Waals surface area contributed by atoms with E-state index in [4.69, 9.17) is 39.0 Å². The van der Waals surface area contributed by atoms with Gasteiger partial charge in [-0.1, -0.05) is 29.3 Å². The summed E-state index contributed by atoms with van der Waals surface area (Å²) in [6.45, 7) is 4.78. The molecule has 0 saturated heterocycles. The van der Waals surface area contributed by atoms with Crippen LogP contribution in [0.15, 0.2) is 42.7 Å². The second kappa shape index (κ2) is 7.94. The predicted molar refractivity (Wildman–Crippen MR) is 116 cm³/mol. The molecule has 0 saturated carbocycles. The highest BCUT2D eigenvalue weighted by molar-refractivity contribution is 6.39. The van der Waals surface area contributed by atoms with Crippen LogP contribution in [0.2, 0.25) is 10.0 Å². The van der Waals surface area contributed by atoms with Crippen molar-refractivity contribution in [2.24, 2.45) is 5.73 Å². The molecule has 0 amide bonds. The van der Waals surface area contributed by atoms with E-state index in [1.807, 2.05) is 30.9 Å². The molecule has 0 fully saturated rings. The Morgan fingerprint density at radius 2 is 1.72 bits per heavy atom. The highest BCUT2D eigenvalue weighted by Gasteiger charge is 2.23. The molecule has 9 heteroatoms. The summed E-state index contributed by atoms with van der Waals surface area (Å²) < 4.78 is 1.77. The lowest BCUT2D eigenvalue weighted by Crippen LogP contribution is -2.28. The summed E-state index contributed by atoms with van der Waals surface area (Å²) in [6.07, 6.45) is 3.39. The van der Waals surface area contributed by atoms with Crippen molar-refractivity contribution in [3.63, 3.8) is 0 Å². The van der Waals surface area contributed by atoms with E-state index < -0.39 is 0 Å². The van der Waals surface area contributed by atoms with Crippen molar-refractivity contribution in [1.82, 2.24) is 24.6 Å². The number of halogens is 2. The van der Waals surface area contributed by atoms with Gasteiger partial charge in [0.25, 0.3) is 0 Å². The molecule has 3 aromatic heterocycles. The van der Waals surface area contributed by atoms with Crippen LogP contribution in [0.3, 0.4) is 0 Å². The number of benzene rings is 1. The van der Waals surface area contributed by atoms with Crippen LogP contribution in [0, 0.1) is 13.8 Å². The minimum atomic E-state index is 0.421. The zero-order valence-electron chi connectivity index (χ0n) is 16.0. The van der Waals surface area contributed by atoms with Gasteiger partial charge in [-0.05, 0) is 32.0 Å². The van der Waals surface area contributed by atoms with Gasteiger partial charge in [-0.25, -0.2) is 15.0 Å². The zero-order valence-corrected chi connectivity index (χ0v) is 17.5. The molecule has 3 heterocycles. The molecule has 4 aromatic rings. The van der Waals surface area contributed by atoms with E-state index in [-0.39, 0.29) is 0 Å². The van der Waals surface area contributed by atoms with Gasteiger partial charge in [-0.2, -0.15) is 9.61 Å². The number of nitrogens with two attached hydrogens (primary N) is 1. The van der Waals surface area contributed by atoms with Crippen LogP contribution in [0.4, 0.5) is 11.8 Å². The van der Waals surface area contributed by atoms with Gasteiger partial charge in [-0.15, -0.1) is 0 Å². The molecule has 2 N–H and O–H groups in total. The van der Waals surface area contributed by atoms with Crippen molar-refractivity contribution in [2.45, 2.75) is 13.8 Å². The number of anilines is 2. The van der Waals surface area contributed by atoms with Crippen molar-refractivity contribution in [1.29, 1.82) is 0 Å². The van der Waals surface area contributed by atoms with E-state index >= 15 is 0 Å². The Kier molecular flexibility index (Phi) is 5.36. The standard InChI is InChI=1S/C20H19Cl2N7/c1-12-11-16(28(10-7-23)20-24-8-4-9-25-20)29-19(26-12)17(13(2)27-29)18-14(21)5-3-6-15(18)22/h3-6,8-9,11H,7,10,23H2,1-2H3. The lowest BCUT2D eigenvalue weighted by Gasteiger charge is -2.22. The summed E-state index contributed by atoms with van der Waals surface area (Å²) in [6, 6.07) is 9.13. The van der Waals surface area contributed by atoms with Gasteiger partial charge < -0.3 is 5.73 Å². The average molecular weight is 428 g/mol. The summed E-state index contributed by atoms with van der Waals surface area (Å²) in [5.74, 6) is 1.30. The van der Waals surface area contributed by atoms with E-state index in [1.54, 1.807) is 35.1 Å². The van der Waals surface area contributed by atoms with Crippen molar-refractivity contribution < 1.29 is 0 Å². The topological polar surface area (TPSA) is 85.2 Å². The minimum Gasteiger partial charge on any atom is -0.329 e. The number of hydrogen-bond donors (Lipinski definition) is 1. The molecule has 0 aliphatic carbocycles. The quantitative estimate of drug-likeness (QED) is 0.513. The van der Waals surface area contributed by atoms with Crippen LogP contribution in [0.1, 0.15) is 11.4 Å². The highest BCUT2D eigenvalue weighted by Crippen LogP contribution is 2.39. The molecule has 7 nitrogen and oxygen atoms in total.